The number of amides is 1. The molecule has 1 aliphatic rings. The highest BCUT2D eigenvalue weighted by Gasteiger charge is 2.25. The van der Waals surface area contributed by atoms with Crippen LogP contribution in [0.4, 0.5) is 0 Å². The number of hydrogen-bond acceptors (Lipinski definition) is 3. The fourth-order valence-corrected chi connectivity index (χ4v) is 2.27. The summed E-state index contributed by atoms with van der Waals surface area (Å²) in [6.07, 6.45) is 1.50. The second-order valence-electron chi connectivity index (χ2n) is 4.54. The van der Waals surface area contributed by atoms with Gasteiger partial charge >= 0.3 is 0 Å². The molecule has 0 saturated carbocycles. The fraction of sp³-hybridized carbons (Fsp3) is 0.500. The van der Waals surface area contributed by atoms with E-state index in [1.165, 1.54) is 6.20 Å². The Kier molecular flexibility index (Phi) is 3.64. The molecule has 4 nitrogen and oxygen atoms in total. The molecule has 1 aromatic heterocycles. The lowest BCUT2D eigenvalue weighted by molar-refractivity contribution is 0.0668. The number of nitrogens with one attached hydrogen (secondary N) is 1. The van der Waals surface area contributed by atoms with Crippen molar-refractivity contribution in [2.75, 3.05) is 13.1 Å². The van der Waals surface area contributed by atoms with Crippen LogP contribution in [0.3, 0.4) is 0 Å². The maximum absolute atomic E-state index is 12.2. The third-order valence-electron chi connectivity index (χ3n) is 2.79. The van der Waals surface area contributed by atoms with Crippen molar-refractivity contribution in [2.45, 2.75) is 25.9 Å². The Morgan fingerprint density at radius 1 is 1.41 bits per heavy atom. The lowest BCUT2D eigenvalue weighted by Crippen LogP contribution is -2.55. The molecule has 2 atom stereocenters. The van der Waals surface area contributed by atoms with Gasteiger partial charge in [-0.1, -0.05) is 11.6 Å². The Hall–Kier alpha value is -1.13. The van der Waals surface area contributed by atoms with Gasteiger partial charge in [-0.2, -0.15) is 0 Å². The Morgan fingerprint density at radius 3 is 2.59 bits per heavy atom. The first-order valence-electron chi connectivity index (χ1n) is 5.73. The van der Waals surface area contributed by atoms with Crippen LogP contribution in [0.5, 0.6) is 0 Å². The average molecular weight is 254 g/mol. The van der Waals surface area contributed by atoms with Crippen molar-refractivity contribution >= 4 is 17.5 Å². The first-order valence-corrected chi connectivity index (χ1v) is 6.11. The second kappa shape index (κ2) is 5.02. The van der Waals surface area contributed by atoms with Crippen molar-refractivity contribution in [1.82, 2.24) is 15.2 Å². The molecular formula is C12H16ClN3O. The maximum Gasteiger partial charge on any atom is 0.272 e. The predicted molar refractivity (Wildman–Crippen MR) is 67.2 cm³/mol. The third kappa shape index (κ3) is 2.96. The van der Waals surface area contributed by atoms with Crippen molar-refractivity contribution in [3.8, 4) is 0 Å². The molecule has 1 aromatic rings. The van der Waals surface area contributed by atoms with Crippen molar-refractivity contribution in [3.63, 3.8) is 0 Å². The molecule has 0 spiro atoms. The summed E-state index contributed by atoms with van der Waals surface area (Å²) in [7, 11) is 0. The molecule has 1 fully saturated rings. The molecule has 17 heavy (non-hydrogen) atoms. The summed E-state index contributed by atoms with van der Waals surface area (Å²) in [6, 6.07) is 3.99. The van der Waals surface area contributed by atoms with E-state index in [-0.39, 0.29) is 5.91 Å². The van der Waals surface area contributed by atoms with Crippen LogP contribution in [0.2, 0.25) is 5.02 Å². The molecule has 92 valence electrons. The van der Waals surface area contributed by atoms with Crippen LogP contribution in [0.1, 0.15) is 24.3 Å². The number of nitrogens with zero attached hydrogens (tertiary/aromatic N) is 2. The third-order valence-corrected chi connectivity index (χ3v) is 3.01. The molecule has 1 aliphatic heterocycles. The fourth-order valence-electron chi connectivity index (χ4n) is 2.16. The van der Waals surface area contributed by atoms with E-state index < -0.39 is 0 Å². The zero-order valence-corrected chi connectivity index (χ0v) is 10.7. The van der Waals surface area contributed by atoms with Crippen LogP contribution in [0.15, 0.2) is 18.3 Å². The number of carbonyl (C=O) groups excluding carboxylic acids is 1. The molecule has 1 amide bonds. The highest BCUT2D eigenvalue weighted by atomic mass is 35.5. The van der Waals surface area contributed by atoms with E-state index in [1.54, 1.807) is 12.1 Å². The lowest BCUT2D eigenvalue weighted by Gasteiger charge is -2.35. The first kappa shape index (κ1) is 12.3. The summed E-state index contributed by atoms with van der Waals surface area (Å²) in [5, 5.41) is 3.93. The van der Waals surface area contributed by atoms with E-state index in [1.807, 2.05) is 4.90 Å². The van der Waals surface area contributed by atoms with Gasteiger partial charge in [-0.25, -0.2) is 4.98 Å². The van der Waals surface area contributed by atoms with E-state index in [0.29, 0.717) is 35.9 Å². The number of rotatable bonds is 1. The molecule has 0 aliphatic carbocycles. The number of hydrogen-bond donors (Lipinski definition) is 1. The largest absolute Gasteiger partial charge is 0.334 e. The van der Waals surface area contributed by atoms with Gasteiger partial charge in [0.1, 0.15) is 5.69 Å². The van der Waals surface area contributed by atoms with E-state index in [0.717, 1.165) is 0 Å². The van der Waals surface area contributed by atoms with Crippen LogP contribution in [-0.2, 0) is 0 Å². The van der Waals surface area contributed by atoms with E-state index in [9.17, 15) is 4.79 Å². The summed E-state index contributed by atoms with van der Waals surface area (Å²) < 4.78 is 0. The van der Waals surface area contributed by atoms with Crippen LogP contribution < -0.4 is 5.32 Å². The highest BCUT2D eigenvalue weighted by molar-refractivity contribution is 6.30. The molecule has 2 heterocycles. The highest BCUT2D eigenvalue weighted by Crippen LogP contribution is 2.11. The summed E-state index contributed by atoms with van der Waals surface area (Å²) in [6.45, 7) is 5.58. The van der Waals surface area contributed by atoms with Gasteiger partial charge in [0.15, 0.2) is 0 Å². The molecule has 0 unspecified atom stereocenters. The Labute approximate surface area is 106 Å². The first-order chi connectivity index (χ1) is 8.06. The van der Waals surface area contributed by atoms with Gasteiger partial charge in [-0.15, -0.1) is 0 Å². The van der Waals surface area contributed by atoms with Crippen LogP contribution in [0, 0.1) is 0 Å². The summed E-state index contributed by atoms with van der Waals surface area (Å²) in [5.41, 5.74) is 0.454. The number of halogens is 1. The van der Waals surface area contributed by atoms with Crippen molar-refractivity contribution in [2.24, 2.45) is 0 Å². The van der Waals surface area contributed by atoms with Crippen LogP contribution in [0.25, 0.3) is 0 Å². The van der Waals surface area contributed by atoms with Gasteiger partial charge in [0.05, 0.1) is 5.02 Å². The normalized spacial score (nSPS) is 24.8. The van der Waals surface area contributed by atoms with Gasteiger partial charge in [-0.05, 0) is 26.0 Å². The summed E-state index contributed by atoms with van der Waals surface area (Å²) in [5.74, 6) is -0.0260. The van der Waals surface area contributed by atoms with E-state index in [4.69, 9.17) is 11.6 Å². The molecule has 1 N–H and O–H groups in total. The molecule has 0 bridgehead atoms. The second-order valence-corrected chi connectivity index (χ2v) is 4.98. The monoisotopic (exact) mass is 253 g/mol. The number of carbonyl (C=O) groups is 1. The molecule has 1 saturated heterocycles. The smallest absolute Gasteiger partial charge is 0.272 e. The van der Waals surface area contributed by atoms with Crippen LogP contribution >= 0.6 is 11.6 Å². The number of pyridine rings is 1. The lowest BCUT2D eigenvalue weighted by atomic mass is 10.1. The topological polar surface area (TPSA) is 45.2 Å². The molecule has 0 radical (unpaired) electrons. The van der Waals surface area contributed by atoms with Gasteiger partial charge < -0.3 is 10.2 Å². The van der Waals surface area contributed by atoms with Gasteiger partial charge in [0.25, 0.3) is 5.91 Å². The minimum absolute atomic E-state index is 0.0260. The van der Waals surface area contributed by atoms with E-state index >= 15 is 0 Å². The zero-order chi connectivity index (χ0) is 12.4. The quantitative estimate of drug-likeness (QED) is 0.826. The minimum atomic E-state index is -0.0260. The van der Waals surface area contributed by atoms with E-state index in [2.05, 4.69) is 24.1 Å². The zero-order valence-electron chi connectivity index (χ0n) is 9.98. The average Bonchev–Trinajstić information content (AvgIpc) is 2.28. The molecular weight excluding hydrogens is 238 g/mol. The van der Waals surface area contributed by atoms with Crippen molar-refractivity contribution in [3.05, 3.63) is 29.0 Å². The predicted octanol–water partition coefficient (Wildman–Crippen LogP) is 1.56. The molecule has 2 rings (SSSR count). The van der Waals surface area contributed by atoms with Crippen molar-refractivity contribution < 1.29 is 4.79 Å². The maximum atomic E-state index is 12.2. The minimum Gasteiger partial charge on any atom is -0.334 e. The number of piperazine rings is 1. The Morgan fingerprint density at radius 2 is 2.06 bits per heavy atom. The van der Waals surface area contributed by atoms with Crippen molar-refractivity contribution in [1.29, 1.82) is 0 Å². The summed E-state index contributed by atoms with van der Waals surface area (Å²) in [4.78, 5) is 18.1. The van der Waals surface area contributed by atoms with Gasteiger partial charge in [-0.3, -0.25) is 4.79 Å². The Balaban J connectivity index is 2.11. The summed E-state index contributed by atoms with van der Waals surface area (Å²) >= 11 is 5.75. The Bertz CT molecular complexity index is 397. The number of aromatic nitrogens is 1. The van der Waals surface area contributed by atoms with Crippen LogP contribution in [-0.4, -0.2) is 41.0 Å². The van der Waals surface area contributed by atoms with Gasteiger partial charge in [0, 0.05) is 31.4 Å². The van der Waals surface area contributed by atoms with Gasteiger partial charge in [0.2, 0.25) is 0 Å². The molecule has 0 aromatic carbocycles. The standard InChI is InChI=1S/C12H16ClN3O/c1-8-6-16(7-9(2)15-8)12(17)11-4-3-10(13)5-14-11/h3-5,8-9,15H,6-7H2,1-2H3/t8-,9-/m0/s1. The molecule has 5 heteroatoms. The SMILES string of the molecule is C[C@H]1CN(C(=O)c2ccc(Cl)cn2)C[C@H](C)N1.